The van der Waals surface area contributed by atoms with Gasteiger partial charge in [0.2, 0.25) is 0 Å². The van der Waals surface area contributed by atoms with Crippen molar-refractivity contribution in [3.63, 3.8) is 0 Å². The first-order valence-corrected chi connectivity index (χ1v) is 4.33. The van der Waals surface area contributed by atoms with Gasteiger partial charge in [-0.15, -0.1) is 0 Å². The first-order valence-electron chi connectivity index (χ1n) is 4.33. The maximum atomic E-state index is 12.6. The summed E-state index contributed by atoms with van der Waals surface area (Å²) in [6.45, 7) is 9.54. The molecule has 0 heterocycles. The SMILES string of the molecule is CC.C\C=C/C(F)=C\C(C)=C/C. The molecule has 0 aromatic rings. The van der Waals surface area contributed by atoms with E-state index in [0.29, 0.717) is 0 Å². The van der Waals surface area contributed by atoms with Crippen molar-refractivity contribution in [2.75, 3.05) is 0 Å². The number of rotatable bonds is 2. The lowest BCUT2D eigenvalue weighted by molar-refractivity contribution is 0.665. The zero-order chi connectivity index (χ0) is 9.98. The third-order valence-electron chi connectivity index (χ3n) is 1.15. The summed E-state index contributed by atoms with van der Waals surface area (Å²) in [7, 11) is 0. The van der Waals surface area contributed by atoms with Crippen LogP contribution in [-0.2, 0) is 0 Å². The minimum Gasteiger partial charge on any atom is -0.207 e. The fourth-order valence-corrected chi connectivity index (χ4v) is 0.508. The van der Waals surface area contributed by atoms with Gasteiger partial charge in [-0.25, -0.2) is 4.39 Å². The third-order valence-corrected chi connectivity index (χ3v) is 1.15. The first-order chi connectivity index (χ1) is 5.70. The highest BCUT2D eigenvalue weighted by Gasteiger charge is 1.85. The molecular formula is C11H19F. The van der Waals surface area contributed by atoms with Gasteiger partial charge in [-0.3, -0.25) is 0 Å². The molecule has 0 fully saturated rings. The fraction of sp³-hybridized carbons (Fsp3) is 0.455. The lowest BCUT2D eigenvalue weighted by Gasteiger charge is -1.87. The quantitative estimate of drug-likeness (QED) is 0.538. The van der Waals surface area contributed by atoms with Gasteiger partial charge >= 0.3 is 0 Å². The second-order valence-electron chi connectivity index (χ2n) is 2.06. The summed E-state index contributed by atoms with van der Waals surface area (Å²) in [5, 5.41) is 0. The van der Waals surface area contributed by atoms with Crippen LogP contribution in [-0.4, -0.2) is 0 Å². The van der Waals surface area contributed by atoms with Gasteiger partial charge in [0.25, 0.3) is 0 Å². The van der Waals surface area contributed by atoms with Crippen molar-refractivity contribution in [3.8, 4) is 0 Å². The van der Waals surface area contributed by atoms with Crippen LogP contribution in [0, 0.1) is 0 Å². The topological polar surface area (TPSA) is 0 Å². The smallest absolute Gasteiger partial charge is 0.123 e. The summed E-state index contributed by atoms with van der Waals surface area (Å²) in [6, 6.07) is 0. The zero-order valence-corrected chi connectivity index (χ0v) is 8.69. The predicted molar refractivity (Wildman–Crippen MR) is 54.8 cm³/mol. The molecule has 0 rings (SSSR count). The minimum atomic E-state index is -0.196. The average Bonchev–Trinajstić information content (AvgIpc) is 2.08. The lowest BCUT2D eigenvalue weighted by atomic mass is 10.2. The van der Waals surface area contributed by atoms with Crippen molar-refractivity contribution in [3.05, 3.63) is 35.7 Å². The van der Waals surface area contributed by atoms with E-state index in [0.717, 1.165) is 5.57 Å². The van der Waals surface area contributed by atoms with Gasteiger partial charge in [0.1, 0.15) is 5.83 Å². The van der Waals surface area contributed by atoms with Crippen molar-refractivity contribution in [2.45, 2.75) is 34.6 Å². The molecule has 0 N–H and O–H groups in total. The van der Waals surface area contributed by atoms with E-state index >= 15 is 0 Å². The molecule has 0 amide bonds. The number of allylic oxidation sites excluding steroid dienone is 6. The Morgan fingerprint density at radius 2 is 1.67 bits per heavy atom. The maximum absolute atomic E-state index is 12.6. The van der Waals surface area contributed by atoms with E-state index < -0.39 is 0 Å². The van der Waals surface area contributed by atoms with Crippen molar-refractivity contribution >= 4 is 0 Å². The second kappa shape index (κ2) is 10.2. The molecule has 0 aromatic heterocycles. The summed E-state index contributed by atoms with van der Waals surface area (Å²) in [6.07, 6.45) is 6.48. The van der Waals surface area contributed by atoms with E-state index in [1.807, 2.05) is 33.8 Å². The number of hydrogen-bond donors (Lipinski definition) is 0. The van der Waals surface area contributed by atoms with E-state index in [1.54, 1.807) is 13.0 Å². The molecule has 70 valence electrons. The van der Waals surface area contributed by atoms with Gasteiger partial charge in [0.05, 0.1) is 0 Å². The highest BCUT2D eigenvalue weighted by Crippen LogP contribution is 2.04. The van der Waals surface area contributed by atoms with Gasteiger partial charge in [-0.2, -0.15) is 0 Å². The zero-order valence-electron chi connectivity index (χ0n) is 8.69. The Morgan fingerprint density at radius 1 is 1.17 bits per heavy atom. The van der Waals surface area contributed by atoms with Crippen LogP contribution in [0.25, 0.3) is 0 Å². The van der Waals surface area contributed by atoms with Crippen LogP contribution in [0.15, 0.2) is 35.7 Å². The molecule has 0 aliphatic heterocycles. The highest BCUT2D eigenvalue weighted by atomic mass is 19.1. The van der Waals surface area contributed by atoms with E-state index in [-0.39, 0.29) is 5.83 Å². The number of halogens is 1. The average molecular weight is 170 g/mol. The van der Waals surface area contributed by atoms with Gasteiger partial charge in [0.15, 0.2) is 0 Å². The molecule has 0 radical (unpaired) electrons. The maximum Gasteiger partial charge on any atom is 0.123 e. The monoisotopic (exact) mass is 170 g/mol. The van der Waals surface area contributed by atoms with E-state index in [4.69, 9.17) is 0 Å². The second-order valence-corrected chi connectivity index (χ2v) is 2.06. The fourth-order valence-electron chi connectivity index (χ4n) is 0.508. The van der Waals surface area contributed by atoms with Crippen LogP contribution in [0.5, 0.6) is 0 Å². The molecule has 0 unspecified atom stereocenters. The standard InChI is InChI=1S/C9H13F.C2H6/c1-4-6-9(10)7-8(3)5-2;1-2/h4-7H,1-3H3;1-2H3/b6-4-,8-5-,9-7+;. The van der Waals surface area contributed by atoms with Crippen molar-refractivity contribution in [1.82, 2.24) is 0 Å². The Morgan fingerprint density at radius 3 is 2.00 bits per heavy atom. The predicted octanol–water partition coefficient (Wildman–Crippen LogP) is 4.41. The summed E-state index contributed by atoms with van der Waals surface area (Å²) >= 11 is 0. The number of hydrogen-bond acceptors (Lipinski definition) is 0. The Balaban J connectivity index is 0. The van der Waals surface area contributed by atoms with Gasteiger partial charge in [-0.05, 0) is 32.9 Å². The van der Waals surface area contributed by atoms with Crippen molar-refractivity contribution in [2.24, 2.45) is 0 Å². The van der Waals surface area contributed by atoms with Gasteiger partial charge < -0.3 is 0 Å². The summed E-state index contributed by atoms with van der Waals surface area (Å²) in [5.41, 5.74) is 0.940. The first kappa shape index (κ1) is 13.7. The molecular weight excluding hydrogens is 151 g/mol. The van der Waals surface area contributed by atoms with Crippen LogP contribution in [0.4, 0.5) is 4.39 Å². The van der Waals surface area contributed by atoms with E-state index in [1.165, 1.54) is 12.2 Å². The van der Waals surface area contributed by atoms with Crippen LogP contribution >= 0.6 is 0 Å². The lowest BCUT2D eigenvalue weighted by Crippen LogP contribution is -1.68. The Labute approximate surface area is 75.5 Å². The molecule has 0 bridgehead atoms. The van der Waals surface area contributed by atoms with Gasteiger partial charge in [-0.1, -0.05) is 31.6 Å². The van der Waals surface area contributed by atoms with E-state index in [9.17, 15) is 4.39 Å². The van der Waals surface area contributed by atoms with Crippen LogP contribution in [0.2, 0.25) is 0 Å². The Bertz CT molecular complexity index is 173. The molecule has 0 saturated carbocycles. The molecule has 0 nitrogen and oxygen atoms in total. The molecule has 0 aliphatic rings. The van der Waals surface area contributed by atoms with Crippen LogP contribution in [0.1, 0.15) is 34.6 Å². The molecule has 0 aromatic carbocycles. The molecule has 0 saturated heterocycles. The normalized spacial score (nSPS) is 12.8. The molecule has 0 aliphatic carbocycles. The Kier molecular flexibility index (Phi) is 11.6. The summed E-state index contributed by atoms with van der Waals surface area (Å²) in [4.78, 5) is 0. The molecule has 12 heavy (non-hydrogen) atoms. The minimum absolute atomic E-state index is 0.196. The van der Waals surface area contributed by atoms with Gasteiger partial charge in [0, 0.05) is 0 Å². The molecule has 0 atom stereocenters. The van der Waals surface area contributed by atoms with Crippen molar-refractivity contribution in [1.29, 1.82) is 0 Å². The third kappa shape index (κ3) is 9.15. The largest absolute Gasteiger partial charge is 0.207 e. The highest BCUT2D eigenvalue weighted by molar-refractivity contribution is 5.23. The van der Waals surface area contributed by atoms with Crippen LogP contribution in [0.3, 0.4) is 0 Å². The Hall–Kier alpha value is -0.850. The van der Waals surface area contributed by atoms with Crippen molar-refractivity contribution < 1.29 is 4.39 Å². The molecule has 0 spiro atoms. The van der Waals surface area contributed by atoms with Crippen LogP contribution < -0.4 is 0 Å². The van der Waals surface area contributed by atoms with E-state index in [2.05, 4.69) is 0 Å². The summed E-state index contributed by atoms with van der Waals surface area (Å²) < 4.78 is 12.6. The summed E-state index contributed by atoms with van der Waals surface area (Å²) in [5.74, 6) is -0.196. The molecule has 1 heteroatoms.